The van der Waals surface area contributed by atoms with Gasteiger partial charge in [0, 0.05) is 10.4 Å². The SMILES string of the molecule is CC(C)(C)c1ccc(-c2ccc(C(C)(C)C)c3c2-c2ccc(Cl)cc2C3(C)c2ccccc2)cc1. The zero-order valence-electron chi connectivity index (χ0n) is 22.0. The third-order valence-electron chi connectivity index (χ3n) is 7.72. The molecule has 0 aliphatic heterocycles. The first-order valence-electron chi connectivity index (χ1n) is 12.6. The molecular formula is C34H35Cl. The molecule has 0 fully saturated rings. The van der Waals surface area contributed by atoms with Gasteiger partial charge in [0.05, 0.1) is 0 Å². The molecule has 0 saturated heterocycles. The van der Waals surface area contributed by atoms with Crippen LogP contribution >= 0.6 is 11.6 Å². The van der Waals surface area contributed by atoms with Crippen LogP contribution < -0.4 is 0 Å². The Bertz CT molecular complexity index is 1400. The summed E-state index contributed by atoms with van der Waals surface area (Å²) < 4.78 is 0. The minimum Gasteiger partial charge on any atom is -0.0843 e. The highest BCUT2D eigenvalue weighted by atomic mass is 35.5. The molecule has 1 aliphatic rings. The van der Waals surface area contributed by atoms with Gasteiger partial charge in [0.15, 0.2) is 0 Å². The van der Waals surface area contributed by atoms with Crippen molar-refractivity contribution in [3.63, 3.8) is 0 Å². The highest BCUT2D eigenvalue weighted by molar-refractivity contribution is 6.30. The molecule has 1 heteroatoms. The molecule has 1 aliphatic carbocycles. The highest BCUT2D eigenvalue weighted by Crippen LogP contribution is 2.58. The van der Waals surface area contributed by atoms with Crippen LogP contribution in [0.15, 0.2) is 84.9 Å². The van der Waals surface area contributed by atoms with Crippen LogP contribution in [0.3, 0.4) is 0 Å². The Morgan fingerprint density at radius 1 is 0.657 bits per heavy atom. The maximum absolute atomic E-state index is 6.63. The van der Waals surface area contributed by atoms with Gasteiger partial charge in [-0.1, -0.05) is 126 Å². The lowest BCUT2D eigenvalue weighted by Crippen LogP contribution is -2.27. The molecule has 0 amide bonds. The van der Waals surface area contributed by atoms with Crippen molar-refractivity contribution in [2.75, 3.05) is 0 Å². The molecule has 1 atom stereocenters. The van der Waals surface area contributed by atoms with E-state index in [4.69, 9.17) is 11.6 Å². The van der Waals surface area contributed by atoms with Gasteiger partial charge < -0.3 is 0 Å². The molecule has 4 aromatic carbocycles. The number of hydrogen-bond donors (Lipinski definition) is 0. The van der Waals surface area contributed by atoms with Crippen molar-refractivity contribution < 1.29 is 0 Å². The van der Waals surface area contributed by atoms with Crippen LogP contribution in [0.4, 0.5) is 0 Å². The van der Waals surface area contributed by atoms with Crippen molar-refractivity contribution in [3.05, 3.63) is 118 Å². The summed E-state index contributed by atoms with van der Waals surface area (Å²) in [5.41, 5.74) is 11.8. The second-order valence-corrected chi connectivity index (χ2v) is 12.6. The zero-order valence-corrected chi connectivity index (χ0v) is 22.7. The van der Waals surface area contributed by atoms with Crippen molar-refractivity contribution in [1.29, 1.82) is 0 Å². The zero-order chi connectivity index (χ0) is 25.2. The Morgan fingerprint density at radius 3 is 1.89 bits per heavy atom. The summed E-state index contributed by atoms with van der Waals surface area (Å²) in [6.07, 6.45) is 0. The minimum absolute atomic E-state index is 0.000579. The van der Waals surface area contributed by atoms with E-state index in [9.17, 15) is 0 Å². The van der Waals surface area contributed by atoms with Gasteiger partial charge in [-0.25, -0.2) is 0 Å². The smallest absolute Gasteiger partial charge is 0.0439 e. The number of benzene rings is 4. The summed E-state index contributed by atoms with van der Waals surface area (Å²) in [5.74, 6) is 0. The molecule has 1 unspecified atom stereocenters. The molecule has 0 bridgehead atoms. The standard InChI is InChI=1S/C34H35Cl/c1-32(2,3)23-15-13-22(14-16-23)26-19-20-28(33(4,5)6)31-30(26)27-18-17-25(35)21-29(27)34(31,7)24-11-9-8-10-12-24/h8-21H,1-7H3. The quantitative estimate of drug-likeness (QED) is 0.269. The molecule has 5 rings (SSSR count). The Kier molecular flexibility index (Phi) is 5.53. The van der Waals surface area contributed by atoms with E-state index in [1.54, 1.807) is 0 Å². The van der Waals surface area contributed by atoms with Gasteiger partial charge in [-0.3, -0.25) is 0 Å². The third-order valence-corrected chi connectivity index (χ3v) is 7.95. The normalized spacial score (nSPS) is 17.3. The van der Waals surface area contributed by atoms with E-state index in [1.165, 1.54) is 50.1 Å². The Morgan fingerprint density at radius 2 is 1.29 bits per heavy atom. The second kappa shape index (κ2) is 8.10. The molecule has 0 radical (unpaired) electrons. The maximum Gasteiger partial charge on any atom is 0.0439 e. The van der Waals surface area contributed by atoms with Crippen molar-refractivity contribution in [1.82, 2.24) is 0 Å². The molecule has 178 valence electrons. The molecule has 0 saturated carbocycles. The summed E-state index contributed by atoms with van der Waals surface area (Å²) in [6.45, 7) is 16.1. The first kappa shape index (κ1) is 23.9. The molecular weight excluding hydrogens is 444 g/mol. The number of rotatable bonds is 2. The van der Waals surface area contributed by atoms with Crippen molar-refractivity contribution in [3.8, 4) is 22.3 Å². The van der Waals surface area contributed by atoms with Crippen LogP contribution in [0.2, 0.25) is 5.02 Å². The fraction of sp³-hybridized carbons (Fsp3) is 0.294. The maximum atomic E-state index is 6.63. The molecule has 4 aromatic rings. The fourth-order valence-corrected chi connectivity index (χ4v) is 5.94. The van der Waals surface area contributed by atoms with E-state index in [1.807, 2.05) is 6.07 Å². The lowest BCUT2D eigenvalue weighted by molar-refractivity contribution is 0.566. The average molecular weight is 479 g/mol. The lowest BCUT2D eigenvalue weighted by atomic mass is 9.68. The van der Waals surface area contributed by atoms with Gasteiger partial charge in [-0.2, -0.15) is 0 Å². The monoisotopic (exact) mass is 478 g/mol. The van der Waals surface area contributed by atoms with Crippen LogP contribution in [-0.2, 0) is 16.2 Å². The van der Waals surface area contributed by atoms with Crippen LogP contribution in [0.25, 0.3) is 22.3 Å². The van der Waals surface area contributed by atoms with Gasteiger partial charge in [0.2, 0.25) is 0 Å². The predicted molar refractivity (Wildman–Crippen MR) is 152 cm³/mol. The van der Waals surface area contributed by atoms with Gasteiger partial charge in [0.25, 0.3) is 0 Å². The number of halogens is 1. The number of hydrogen-bond acceptors (Lipinski definition) is 0. The Hall–Kier alpha value is -2.83. The van der Waals surface area contributed by atoms with Gasteiger partial charge >= 0.3 is 0 Å². The number of fused-ring (bicyclic) bond motifs is 3. The van der Waals surface area contributed by atoms with E-state index in [0.29, 0.717) is 0 Å². The van der Waals surface area contributed by atoms with Crippen LogP contribution in [0.5, 0.6) is 0 Å². The molecule has 0 aromatic heterocycles. The lowest BCUT2D eigenvalue weighted by Gasteiger charge is -2.34. The third kappa shape index (κ3) is 3.83. The van der Waals surface area contributed by atoms with Crippen LogP contribution in [0, 0.1) is 0 Å². The van der Waals surface area contributed by atoms with Crippen LogP contribution in [-0.4, -0.2) is 0 Å². The summed E-state index contributed by atoms with van der Waals surface area (Å²) in [6, 6.07) is 31.2. The first-order chi connectivity index (χ1) is 16.4. The molecule has 35 heavy (non-hydrogen) atoms. The summed E-state index contributed by atoms with van der Waals surface area (Å²) in [4.78, 5) is 0. The summed E-state index contributed by atoms with van der Waals surface area (Å²) >= 11 is 6.63. The molecule has 0 heterocycles. The fourth-order valence-electron chi connectivity index (χ4n) is 5.77. The van der Waals surface area contributed by atoms with E-state index in [-0.39, 0.29) is 16.2 Å². The van der Waals surface area contributed by atoms with Crippen LogP contribution in [0.1, 0.15) is 76.3 Å². The van der Waals surface area contributed by atoms with Crippen molar-refractivity contribution in [2.45, 2.75) is 64.7 Å². The second-order valence-electron chi connectivity index (χ2n) is 12.2. The van der Waals surface area contributed by atoms with Crippen molar-refractivity contribution >= 4 is 11.6 Å². The summed E-state index contributed by atoms with van der Waals surface area (Å²) in [7, 11) is 0. The van der Waals surface area contributed by atoms with E-state index in [0.717, 1.165) is 5.02 Å². The van der Waals surface area contributed by atoms with Gasteiger partial charge in [-0.05, 0) is 80.0 Å². The van der Waals surface area contributed by atoms with E-state index < -0.39 is 0 Å². The first-order valence-corrected chi connectivity index (χ1v) is 12.9. The van der Waals surface area contributed by atoms with E-state index >= 15 is 0 Å². The van der Waals surface area contributed by atoms with Crippen molar-refractivity contribution in [2.24, 2.45) is 0 Å². The van der Waals surface area contributed by atoms with E-state index in [2.05, 4.69) is 127 Å². The largest absolute Gasteiger partial charge is 0.0843 e. The summed E-state index contributed by atoms with van der Waals surface area (Å²) in [5, 5.41) is 0.784. The topological polar surface area (TPSA) is 0 Å². The van der Waals surface area contributed by atoms with Gasteiger partial charge in [-0.15, -0.1) is 0 Å². The Labute approximate surface area is 216 Å². The minimum atomic E-state index is -0.291. The molecule has 0 spiro atoms. The van der Waals surface area contributed by atoms with Gasteiger partial charge in [0.1, 0.15) is 0 Å². The predicted octanol–water partition coefficient (Wildman–Crippen LogP) is 9.94. The average Bonchev–Trinajstić information content (AvgIpc) is 3.07. The highest BCUT2D eigenvalue weighted by Gasteiger charge is 2.45. The Balaban J connectivity index is 1.88. The molecule has 0 N–H and O–H groups in total. The molecule has 0 nitrogen and oxygen atoms in total.